The SMILES string of the molecule is CC(C)c1ccc(-c2ccc(Cl)cc2)cn1.CC(C)c1ccc(-c2ccc(F)cc2)cn1.CC(C)c1ccc(Cl)c(Cl)c1.CC(C)c1ccc(Oc2ccccc2)cc1.CC(C)c1cn(-c2ccc(C(F)(F)F)cc2)cn1.Cc1cc(-c2ccc(C(C)C)nc2)ccc1F.Cc1cc(-c2ccc(C(C)C)nc2)ccn1.Cc1cc(-c2cnc(C(C)C)nc2)ccc1F.Cc1ccc(-c2ccc(C(C)C)nc2)cc1. The minimum Gasteiger partial charge on any atom is -0.457 e. The molecule has 0 atom stereocenters. The van der Waals surface area contributed by atoms with Crippen LogP contribution in [0, 0.1) is 45.1 Å². The average molecular weight is 1990 g/mol. The molecule has 0 aliphatic carbocycles. The largest absolute Gasteiger partial charge is 0.457 e. The minimum atomic E-state index is -4.30. The summed E-state index contributed by atoms with van der Waals surface area (Å²) >= 11 is 17.4. The van der Waals surface area contributed by atoms with Crippen molar-refractivity contribution in [3.63, 3.8) is 0 Å². The van der Waals surface area contributed by atoms with Crippen LogP contribution in [0.2, 0.25) is 15.1 Å². The van der Waals surface area contributed by atoms with E-state index in [9.17, 15) is 26.3 Å². The first-order valence-corrected chi connectivity index (χ1v) is 49.4. The quantitative estimate of drug-likeness (QED) is 0.0766. The van der Waals surface area contributed by atoms with Gasteiger partial charge in [0.25, 0.3) is 0 Å². The lowest BCUT2D eigenvalue weighted by Crippen LogP contribution is -2.04. The van der Waals surface area contributed by atoms with Gasteiger partial charge in [-0.25, -0.2) is 28.1 Å². The number of hydrogen-bond acceptors (Lipinski definition) is 10. The van der Waals surface area contributed by atoms with Crippen LogP contribution in [0.1, 0.15) is 257 Å². The zero-order valence-electron chi connectivity index (χ0n) is 85.8. The number of benzene rings is 9. The summed E-state index contributed by atoms with van der Waals surface area (Å²) in [6.07, 6.45) is 14.0. The van der Waals surface area contributed by atoms with E-state index in [1.54, 1.807) is 61.4 Å². The lowest BCUT2D eigenvalue weighted by Gasteiger charge is -2.08. The summed E-state index contributed by atoms with van der Waals surface area (Å²) in [6, 6.07) is 86.7. The zero-order valence-corrected chi connectivity index (χ0v) is 88.1. The highest BCUT2D eigenvalue weighted by molar-refractivity contribution is 6.42. The van der Waals surface area contributed by atoms with Crippen molar-refractivity contribution in [3.8, 4) is 83.9 Å². The minimum absolute atomic E-state index is 0.166. The maximum absolute atomic E-state index is 13.2. The molecule has 0 amide bonds. The molecule has 0 bridgehead atoms. The van der Waals surface area contributed by atoms with E-state index in [0.717, 1.165) is 124 Å². The standard InChI is InChI=1S/C15H16FN.C15H17N.C15H16O.C14H14ClN.C14H15FN2.C14H14FN.C14H16N2.C13H13F3N2.C9H10Cl2/c1-10(2)15-7-5-13(9-17-15)12-4-6-14(16)11(3)8-12;1-11(2)15-9-8-14(10-16-15)13-6-4-12(3)5-7-13;1-12(2)13-8-10-15(11-9-13)16-14-6-4-3-5-7-14;1-10(2)14-8-5-12(9-16-14)11-3-6-13(15)7-4-11;1-9(2)14-16-7-12(8-17-14)11-4-5-13(15)10(3)6-11;1-10(2)14-8-5-12(9-16-14)11-3-6-13(15)7-4-11;1-10(2)14-5-4-13(9-16-14)12-6-7-15-11(3)8-12;1-9(2)12-7-18(8-17-12)11-5-3-10(4-6-11)13(14,15)16;1-6(2)7-3-4-8(10)9(11)5-7/h4-10H,1-3H3;4-11H,1-3H3;3-12H,1-2H3;3-10H,1-2H3;4-9H,1-3H3;3-10H,1-2H3;4-10H,1-3H3;3-9H,1-2H3;3-6H,1-2H3. The molecule has 11 nitrogen and oxygen atoms in total. The fourth-order valence-corrected chi connectivity index (χ4v) is 14.2. The molecule has 0 aliphatic heterocycles. The molecule has 17 aromatic rings. The van der Waals surface area contributed by atoms with Gasteiger partial charge in [-0.05, 0) is 282 Å². The number of imidazole rings is 1. The molecule has 0 saturated heterocycles. The number of nitrogens with zero attached hydrogens (tertiary/aromatic N) is 10. The number of ether oxygens (including phenoxy) is 1. The summed E-state index contributed by atoms with van der Waals surface area (Å²) in [5.41, 5.74) is 25.6. The second-order valence-electron chi connectivity index (χ2n) is 37.5. The van der Waals surface area contributed by atoms with Crippen molar-refractivity contribution in [2.45, 2.75) is 212 Å². The van der Waals surface area contributed by atoms with Gasteiger partial charge in [-0.15, -0.1) is 0 Å². The van der Waals surface area contributed by atoms with E-state index in [1.807, 2.05) is 192 Å². The molecule has 0 N–H and O–H groups in total. The first-order chi connectivity index (χ1) is 68.0. The molecule has 0 spiro atoms. The summed E-state index contributed by atoms with van der Waals surface area (Å²) in [4.78, 5) is 39.2. The van der Waals surface area contributed by atoms with E-state index in [1.165, 1.54) is 69.8 Å². The molecule has 0 aliphatic rings. The van der Waals surface area contributed by atoms with Gasteiger partial charge in [-0.3, -0.25) is 29.9 Å². The van der Waals surface area contributed by atoms with E-state index < -0.39 is 11.7 Å². The van der Waals surface area contributed by atoms with Crippen LogP contribution in [0.5, 0.6) is 11.5 Å². The van der Waals surface area contributed by atoms with Gasteiger partial charge in [0.15, 0.2) is 0 Å². The van der Waals surface area contributed by atoms with E-state index in [2.05, 4.69) is 241 Å². The summed E-state index contributed by atoms with van der Waals surface area (Å²) in [7, 11) is 0. The number of aromatic nitrogens is 10. The summed E-state index contributed by atoms with van der Waals surface area (Å²) in [6.45, 7) is 45.7. The highest BCUT2D eigenvalue weighted by Gasteiger charge is 2.30. The van der Waals surface area contributed by atoms with Crippen molar-refractivity contribution in [2.24, 2.45) is 0 Å². The Morgan fingerprint density at radius 2 is 0.650 bits per heavy atom. The fraction of sp³-hybridized carbons (Fsp3) is 0.260. The van der Waals surface area contributed by atoms with Crippen molar-refractivity contribution in [3.05, 3.63) is 453 Å². The van der Waals surface area contributed by atoms with Crippen molar-refractivity contribution in [1.82, 2.24) is 49.4 Å². The van der Waals surface area contributed by atoms with E-state index in [-0.39, 0.29) is 17.5 Å². The zero-order chi connectivity index (χ0) is 104. The molecule has 17 rings (SSSR count). The van der Waals surface area contributed by atoms with Gasteiger partial charge in [-0.2, -0.15) is 13.2 Å². The van der Waals surface area contributed by atoms with Gasteiger partial charge < -0.3 is 9.30 Å². The molecule has 742 valence electrons. The van der Waals surface area contributed by atoms with Crippen molar-refractivity contribution in [2.75, 3.05) is 0 Å². The molecule has 8 aromatic heterocycles. The molecular formula is C123H131Cl3F6N10O. The first kappa shape index (κ1) is 113. The van der Waals surface area contributed by atoms with E-state index >= 15 is 0 Å². The maximum Gasteiger partial charge on any atom is 0.416 e. The second-order valence-corrected chi connectivity index (χ2v) is 38.7. The Morgan fingerprint density at radius 3 is 1.01 bits per heavy atom. The topological polar surface area (TPSA) is 130 Å². The van der Waals surface area contributed by atoms with E-state index in [4.69, 9.17) is 39.5 Å². The number of alkyl halides is 3. The molecule has 8 heterocycles. The normalized spacial score (nSPS) is 10.9. The molecular weight excluding hydrogens is 1850 g/mol. The highest BCUT2D eigenvalue weighted by atomic mass is 35.5. The number of aryl methyl sites for hydroxylation is 4. The molecule has 0 saturated carbocycles. The smallest absolute Gasteiger partial charge is 0.416 e. The monoisotopic (exact) mass is 1980 g/mol. The molecule has 0 radical (unpaired) electrons. The number of halogens is 9. The Bertz CT molecular complexity index is 6350. The molecule has 143 heavy (non-hydrogen) atoms. The van der Waals surface area contributed by atoms with Crippen molar-refractivity contribution >= 4 is 34.8 Å². The highest BCUT2D eigenvalue weighted by Crippen LogP contribution is 2.34. The van der Waals surface area contributed by atoms with Gasteiger partial charge in [-0.1, -0.05) is 292 Å². The third-order valence-corrected chi connectivity index (χ3v) is 23.8. The third-order valence-electron chi connectivity index (χ3n) is 22.9. The number of para-hydroxylation sites is 1. The van der Waals surface area contributed by atoms with Crippen LogP contribution in [0.25, 0.3) is 72.4 Å². The lowest BCUT2D eigenvalue weighted by atomic mass is 10.0. The van der Waals surface area contributed by atoms with Gasteiger partial charge in [0.2, 0.25) is 0 Å². The predicted molar refractivity (Wildman–Crippen MR) is 582 cm³/mol. The van der Waals surface area contributed by atoms with Crippen molar-refractivity contribution in [1.29, 1.82) is 0 Å². The number of hydrogen-bond donors (Lipinski definition) is 0. The lowest BCUT2D eigenvalue weighted by molar-refractivity contribution is -0.137. The molecule has 0 unspecified atom stereocenters. The maximum atomic E-state index is 13.2. The molecule has 20 heteroatoms. The van der Waals surface area contributed by atoms with Gasteiger partial charge in [0, 0.05) is 140 Å². The average Bonchev–Trinajstić information content (AvgIpc) is 1.29. The number of pyridine rings is 6. The van der Waals surface area contributed by atoms with Gasteiger partial charge in [0.1, 0.15) is 34.8 Å². The van der Waals surface area contributed by atoms with Crippen LogP contribution >= 0.6 is 34.8 Å². The van der Waals surface area contributed by atoms with Crippen LogP contribution in [-0.2, 0) is 6.18 Å². The summed E-state index contributed by atoms with van der Waals surface area (Å²) < 4.78 is 83.7. The third kappa shape index (κ3) is 36.7. The Hall–Kier alpha value is -13.6. The fourth-order valence-electron chi connectivity index (χ4n) is 13.8. The number of rotatable bonds is 18. The Labute approximate surface area is 857 Å². The van der Waals surface area contributed by atoms with Crippen LogP contribution in [0.15, 0.2) is 341 Å². The van der Waals surface area contributed by atoms with E-state index in [0.29, 0.717) is 80.1 Å². The van der Waals surface area contributed by atoms with Crippen LogP contribution in [0.3, 0.4) is 0 Å². The Morgan fingerprint density at radius 1 is 0.287 bits per heavy atom. The van der Waals surface area contributed by atoms with Gasteiger partial charge in [0.05, 0.1) is 27.6 Å². The van der Waals surface area contributed by atoms with Crippen LogP contribution in [0.4, 0.5) is 26.3 Å². The Kier molecular flexibility index (Phi) is 44.0. The second kappa shape index (κ2) is 55.7. The Balaban J connectivity index is 0.000000180. The summed E-state index contributed by atoms with van der Waals surface area (Å²) in [5.74, 6) is 6.00. The summed E-state index contributed by atoms with van der Waals surface area (Å²) in [5, 5.41) is 2.02. The predicted octanol–water partition coefficient (Wildman–Crippen LogP) is 37.1. The van der Waals surface area contributed by atoms with Crippen LogP contribution < -0.4 is 4.74 Å². The molecule has 0 fully saturated rings. The van der Waals surface area contributed by atoms with Crippen LogP contribution in [-0.4, -0.2) is 49.4 Å². The molecule has 9 aromatic carbocycles. The van der Waals surface area contributed by atoms with Gasteiger partial charge >= 0.3 is 6.18 Å². The van der Waals surface area contributed by atoms with Crippen molar-refractivity contribution < 1.29 is 31.1 Å². The first-order valence-electron chi connectivity index (χ1n) is 48.2.